The summed E-state index contributed by atoms with van der Waals surface area (Å²) >= 11 is 0. The van der Waals surface area contributed by atoms with Crippen molar-refractivity contribution in [3.8, 4) is 0 Å². The van der Waals surface area contributed by atoms with E-state index in [9.17, 15) is 9.90 Å². The first-order valence-electron chi connectivity index (χ1n) is 9.52. The molecule has 2 nitrogen and oxygen atoms in total. The van der Waals surface area contributed by atoms with Crippen LogP contribution in [0.3, 0.4) is 0 Å². The van der Waals surface area contributed by atoms with Crippen molar-refractivity contribution in [2.75, 3.05) is 0 Å². The van der Waals surface area contributed by atoms with Crippen LogP contribution in [-0.4, -0.2) is 11.1 Å². The van der Waals surface area contributed by atoms with Gasteiger partial charge in [0.25, 0.3) is 0 Å². The zero-order valence-electron chi connectivity index (χ0n) is 14.9. The fraction of sp³-hybridized carbons (Fsp3) is 0.950. The van der Waals surface area contributed by atoms with Crippen LogP contribution in [0, 0.1) is 40.4 Å². The van der Waals surface area contributed by atoms with Crippen LogP contribution in [0.4, 0.5) is 0 Å². The predicted octanol–water partition coefficient (Wildman–Crippen LogP) is 5.37. The maximum atomic E-state index is 12.0. The van der Waals surface area contributed by atoms with Crippen LogP contribution in [0.2, 0.25) is 0 Å². The Bertz CT molecular complexity index is 443. The minimum absolute atomic E-state index is 0.274. The Hall–Kier alpha value is -0.530. The number of aliphatic carboxylic acids is 1. The van der Waals surface area contributed by atoms with Crippen LogP contribution in [0.1, 0.15) is 79.1 Å². The second-order valence-corrected chi connectivity index (χ2v) is 9.40. The van der Waals surface area contributed by atoms with Crippen molar-refractivity contribution >= 4 is 5.97 Å². The summed E-state index contributed by atoms with van der Waals surface area (Å²) in [6.45, 7) is 9.24. The zero-order valence-corrected chi connectivity index (χ0v) is 14.9. The Labute approximate surface area is 136 Å². The molecule has 0 amide bonds. The van der Waals surface area contributed by atoms with Crippen molar-refractivity contribution in [2.45, 2.75) is 79.1 Å². The molecule has 1 N–H and O–H groups in total. The highest BCUT2D eigenvalue weighted by Crippen LogP contribution is 2.64. The molecular formula is C20H34O2. The minimum Gasteiger partial charge on any atom is -0.481 e. The molecular weight excluding hydrogens is 272 g/mol. The van der Waals surface area contributed by atoms with E-state index in [2.05, 4.69) is 20.8 Å². The Kier molecular flexibility index (Phi) is 4.10. The normalized spacial score (nSPS) is 48.6. The number of carbonyl (C=O) groups is 1. The summed E-state index contributed by atoms with van der Waals surface area (Å²) in [5.41, 5.74) is -0.205. The smallest absolute Gasteiger partial charge is 0.309 e. The summed E-state index contributed by atoms with van der Waals surface area (Å²) in [5.74, 6) is 3.19. The van der Waals surface area contributed by atoms with E-state index < -0.39 is 11.4 Å². The molecule has 6 atom stereocenters. The highest BCUT2D eigenvalue weighted by Gasteiger charge is 2.59. The lowest BCUT2D eigenvalue weighted by Gasteiger charge is -2.60. The van der Waals surface area contributed by atoms with Crippen LogP contribution < -0.4 is 0 Å². The van der Waals surface area contributed by atoms with E-state index in [0.29, 0.717) is 5.92 Å². The lowest BCUT2D eigenvalue weighted by molar-refractivity contribution is -0.173. The molecule has 0 aromatic carbocycles. The first-order valence-corrected chi connectivity index (χ1v) is 9.52. The van der Waals surface area contributed by atoms with Crippen molar-refractivity contribution in [2.24, 2.45) is 40.4 Å². The number of hydrogen-bond donors (Lipinski definition) is 1. The van der Waals surface area contributed by atoms with Gasteiger partial charge in [0.2, 0.25) is 0 Å². The van der Waals surface area contributed by atoms with Gasteiger partial charge in [0.05, 0.1) is 5.41 Å². The summed E-state index contributed by atoms with van der Waals surface area (Å²) in [5, 5.41) is 9.86. The van der Waals surface area contributed by atoms with E-state index >= 15 is 0 Å². The molecule has 5 unspecified atom stereocenters. The third-order valence-corrected chi connectivity index (χ3v) is 8.10. The van der Waals surface area contributed by atoms with E-state index in [0.717, 1.165) is 42.9 Å². The number of rotatable bonds is 2. The molecule has 3 aliphatic carbocycles. The molecule has 2 heteroatoms. The van der Waals surface area contributed by atoms with Crippen molar-refractivity contribution < 1.29 is 9.90 Å². The Morgan fingerprint density at radius 3 is 2.45 bits per heavy atom. The fourth-order valence-electron chi connectivity index (χ4n) is 6.73. The van der Waals surface area contributed by atoms with Gasteiger partial charge in [-0.1, -0.05) is 27.2 Å². The third-order valence-electron chi connectivity index (χ3n) is 8.10. The molecule has 0 heterocycles. The van der Waals surface area contributed by atoms with Crippen LogP contribution in [0.5, 0.6) is 0 Å². The fourth-order valence-corrected chi connectivity index (χ4v) is 6.73. The number of carboxylic acids is 1. The van der Waals surface area contributed by atoms with Crippen LogP contribution in [-0.2, 0) is 4.79 Å². The average molecular weight is 306 g/mol. The van der Waals surface area contributed by atoms with E-state index in [1.54, 1.807) is 0 Å². The maximum Gasteiger partial charge on any atom is 0.309 e. The molecule has 0 aromatic rings. The van der Waals surface area contributed by atoms with E-state index in [4.69, 9.17) is 0 Å². The molecule has 3 aliphatic rings. The van der Waals surface area contributed by atoms with Crippen molar-refractivity contribution in [1.82, 2.24) is 0 Å². The maximum absolute atomic E-state index is 12.0. The summed E-state index contributed by atoms with van der Waals surface area (Å²) in [4.78, 5) is 12.0. The minimum atomic E-state index is -0.544. The molecule has 3 rings (SSSR count). The zero-order chi connectivity index (χ0) is 16.1. The summed E-state index contributed by atoms with van der Waals surface area (Å²) in [7, 11) is 0. The average Bonchev–Trinajstić information content (AvgIpc) is 2.46. The van der Waals surface area contributed by atoms with Gasteiger partial charge in [-0.3, -0.25) is 4.79 Å². The van der Waals surface area contributed by atoms with E-state index in [1.165, 1.54) is 32.1 Å². The van der Waals surface area contributed by atoms with Crippen LogP contribution in [0.15, 0.2) is 0 Å². The molecule has 126 valence electrons. The number of carboxylic acid groups (broad SMARTS) is 1. The highest BCUT2D eigenvalue weighted by molar-refractivity contribution is 5.75. The lowest BCUT2D eigenvalue weighted by Crippen LogP contribution is -2.56. The second kappa shape index (κ2) is 5.53. The Morgan fingerprint density at radius 1 is 1.09 bits per heavy atom. The summed E-state index contributed by atoms with van der Waals surface area (Å²) < 4.78 is 0. The summed E-state index contributed by atoms with van der Waals surface area (Å²) in [6, 6.07) is 0. The van der Waals surface area contributed by atoms with Gasteiger partial charge in [-0.25, -0.2) is 0 Å². The van der Waals surface area contributed by atoms with Crippen LogP contribution in [0.25, 0.3) is 0 Å². The molecule has 3 fully saturated rings. The highest BCUT2D eigenvalue weighted by atomic mass is 16.4. The van der Waals surface area contributed by atoms with Gasteiger partial charge in [0.1, 0.15) is 0 Å². The van der Waals surface area contributed by atoms with Crippen molar-refractivity contribution in [3.63, 3.8) is 0 Å². The van der Waals surface area contributed by atoms with Gasteiger partial charge in [-0.15, -0.1) is 0 Å². The standard InChI is InChI=1S/C20H34O2/c1-13(2)14-6-8-16-15(12-14)7-9-17-19(16,3)10-5-11-20(17,4)18(21)22/h13-17H,5-12H2,1-4H3,(H,21,22)/t14?,15?,16?,17?,19-,20?/m1/s1. The molecule has 0 aliphatic heterocycles. The first-order chi connectivity index (χ1) is 10.3. The quantitative estimate of drug-likeness (QED) is 0.745. The number of hydrogen-bond acceptors (Lipinski definition) is 1. The van der Waals surface area contributed by atoms with Crippen LogP contribution >= 0.6 is 0 Å². The Balaban J connectivity index is 1.86. The topological polar surface area (TPSA) is 37.3 Å². The monoisotopic (exact) mass is 306 g/mol. The predicted molar refractivity (Wildman–Crippen MR) is 89.6 cm³/mol. The molecule has 0 aromatic heterocycles. The van der Waals surface area contributed by atoms with Gasteiger partial charge in [0.15, 0.2) is 0 Å². The van der Waals surface area contributed by atoms with Gasteiger partial charge in [0, 0.05) is 0 Å². The second-order valence-electron chi connectivity index (χ2n) is 9.40. The van der Waals surface area contributed by atoms with Gasteiger partial charge >= 0.3 is 5.97 Å². The molecule has 0 saturated heterocycles. The largest absolute Gasteiger partial charge is 0.481 e. The third kappa shape index (κ3) is 2.32. The van der Waals surface area contributed by atoms with Gasteiger partial charge < -0.3 is 5.11 Å². The van der Waals surface area contributed by atoms with Crippen molar-refractivity contribution in [3.05, 3.63) is 0 Å². The number of fused-ring (bicyclic) bond motifs is 3. The van der Waals surface area contributed by atoms with E-state index in [1.807, 2.05) is 6.92 Å². The van der Waals surface area contributed by atoms with Crippen molar-refractivity contribution in [1.29, 1.82) is 0 Å². The molecule has 0 spiro atoms. The summed E-state index contributed by atoms with van der Waals surface area (Å²) in [6.07, 6.45) is 9.77. The van der Waals surface area contributed by atoms with E-state index in [-0.39, 0.29) is 5.41 Å². The molecule has 0 bridgehead atoms. The van der Waals surface area contributed by atoms with Gasteiger partial charge in [-0.05, 0) is 86.9 Å². The molecule has 0 radical (unpaired) electrons. The SMILES string of the molecule is CC(C)C1CCC2C(CCC3C(C)(C(=O)O)CCC[C@]23C)C1. The van der Waals surface area contributed by atoms with Gasteiger partial charge in [-0.2, -0.15) is 0 Å². The molecule has 3 saturated carbocycles. The first kappa shape index (κ1) is 16.3. The molecule has 22 heavy (non-hydrogen) atoms. The Morgan fingerprint density at radius 2 is 1.82 bits per heavy atom. The lowest BCUT2D eigenvalue weighted by atomic mass is 9.43.